The molecule has 5 nitrogen and oxygen atoms in total. The molecule has 1 rings (SSSR count). The summed E-state index contributed by atoms with van der Waals surface area (Å²) in [6.07, 6.45) is 1.92. The van der Waals surface area contributed by atoms with Crippen LogP contribution in [0.15, 0.2) is 6.20 Å². The lowest BCUT2D eigenvalue weighted by atomic mass is 10.1. The fourth-order valence-electron chi connectivity index (χ4n) is 1.97. The lowest BCUT2D eigenvalue weighted by Crippen LogP contribution is -2.26. The highest BCUT2D eigenvalue weighted by Crippen LogP contribution is 2.16. The predicted octanol–water partition coefficient (Wildman–Crippen LogP) is 2.40. The molecule has 1 aromatic rings. The summed E-state index contributed by atoms with van der Waals surface area (Å²) in [4.78, 5) is 0. The Labute approximate surface area is 118 Å². The van der Waals surface area contributed by atoms with Crippen LogP contribution >= 0.6 is 0 Å². The molecule has 0 aliphatic carbocycles. The van der Waals surface area contributed by atoms with Crippen LogP contribution in [0.5, 0.6) is 0 Å². The van der Waals surface area contributed by atoms with Gasteiger partial charge in [-0.15, -0.1) is 5.10 Å². The molecule has 0 spiro atoms. The molecule has 0 bridgehead atoms. The summed E-state index contributed by atoms with van der Waals surface area (Å²) in [5.74, 6) is 0. The van der Waals surface area contributed by atoms with Crippen molar-refractivity contribution in [1.29, 1.82) is 0 Å². The maximum Gasteiger partial charge on any atom is 0.261 e. The Hall–Kier alpha value is -1.08. The number of aromatic nitrogens is 3. The number of aryl methyl sites for hydroxylation is 1. The van der Waals surface area contributed by atoms with E-state index < -0.39 is 13.0 Å². The molecule has 0 radical (unpaired) electrons. The molecule has 1 aromatic heterocycles. The van der Waals surface area contributed by atoms with E-state index in [4.69, 9.17) is 4.74 Å². The van der Waals surface area contributed by atoms with E-state index in [1.165, 1.54) is 0 Å². The zero-order valence-corrected chi connectivity index (χ0v) is 12.2. The normalized spacial score (nSPS) is 13.1. The second-order valence-corrected chi connectivity index (χ2v) is 4.64. The number of alkyl halides is 2. The fraction of sp³-hybridized carbons (Fsp3) is 0.846. The van der Waals surface area contributed by atoms with Crippen LogP contribution in [-0.4, -0.2) is 41.2 Å². The third-order valence-electron chi connectivity index (χ3n) is 2.88. The highest BCUT2D eigenvalue weighted by molar-refractivity contribution is 5.02. The first kappa shape index (κ1) is 17.0. The highest BCUT2D eigenvalue weighted by atomic mass is 19.3. The van der Waals surface area contributed by atoms with Crippen LogP contribution in [0, 0.1) is 0 Å². The Morgan fingerprint density at radius 1 is 1.35 bits per heavy atom. The second kappa shape index (κ2) is 9.77. The van der Waals surface area contributed by atoms with Crippen LogP contribution in [0.1, 0.15) is 44.8 Å². The van der Waals surface area contributed by atoms with Gasteiger partial charge in [0.05, 0.1) is 17.9 Å². The quantitative estimate of drug-likeness (QED) is 0.636. The van der Waals surface area contributed by atoms with Gasteiger partial charge in [-0.3, -0.25) is 0 Å². The Morgan fingerprint density at radius 2 is 2.15 bits per heavy atom. The van der Waals surface area contributed by atoms with Gasteiger partial charge in [-0.25, -0.2) is 13.5 Å². The molecule has 1 heterocycles. The van der Waals surface area contributed by atoms with Crippen molar-refractivity contribution in [2.75, 3.05) is 19.8 Å². The molecule has 0 saturated heterocycles. The predicted molar refractivity (Wildman–Crippen MR) is 72.8 cm³/mol. The number of rotatable bonds is 11. The molecule has 0 saturated carbocycles. The van der Waals surface area contributed by atoms with Crippen molar-refractivity contribution in [3.05, 3.63) is 11.9 Å². The summed E-state index contributed by atoms with van der Waals surface area (Å²) in [6.45, 7) is 5.61. The molecule has 20 heavy (non-hydrogen) atoms. The number of nitrogens with zero attached hydrogens (tertiary/aromatic N) is 3. The van der Waals surface area contributed by atoms with Crippen LogP contribution in [0.2, 0.25) is 0 Å². The lowest BCUT2D eigenvalue weighted by Gasteiger charge is -2.19. The molecule has 116 valence electrons. The number of halogens is 2. The van der Waals surface area contributed by atoms with Gasteiger partial charge in [0, 0.05) is 13.2 Å². The summed E-state index contributed by atoms with van der Waals surface area (Å²) in [5, 5.41) is 11.4. The summed E-state index contributed by atoms with van der Waals surface area (Å²) in [6, 6.07) is 0.0363. The van der Waals surface area contributed by atoms with Gasteiger partial charge in [-0.2, -0.15) is 0 Å². The zero-order valence-electron chi connectivity index (χ0n) is 12.2. The average molecular weight is 290 g/mol. The van der Waals surface area contributed by atoms with E-state index in [2.05, 4.69) is 29.5 Å². The van der Waals surface area contributed by atoms with Crippen LogP contribution in [0.4, 0.5) is 8.78 Å². The van der Waals surface area contributed by atoms with Crippen LogP contribution in [0.25, 0.3) is 0 Å². The minimum atomic E-state index is -2.41. The fourth-order valence-corrected chi connectivity index (χ4v) is 1.97. The van der Waals surface area contributed by atoms with Crippen LogP contribution < -0.4 is 5.32 Å². The summed E-state index contributed by atoms with van der Waals surface area (Å²) in [5.41, 5.74) is 0.987. The molecule has 7 heteroatoms. The number of hydrogen-bond donors (Lipinski definition) is 1. The monoisotopic (exact) mass is 290 g/mol. The van der Waals surface area contributed by atoms with Crippen molar-refractivity contribution >= 4 is 0 Å². The van der Waals surface area contributed by atoms with Gasteiger partial charge in [0.1, 0.15) is 6.61 Å². The van der Waals surface area contributed by atoms with Gasteiger partial charge >= 0.3 is 0 Å². The minimum absolute atomic E-state index is 0.0363. The topological polar surface area (TPSA) is 52.0 Å². The molecule has 0 aliphatic rings. The first-order valence-electron chi connectivity index (χ1n) is 7.16. The summed E-state index contributed by atoms with van der Waals surface area (Å²) < 4.78 is 30.9. The van der Waals surface area contributed by atoms with E-state index in [1.807, 2.05) is 4.68 Å². The van der Waals surface area contributed by atoms with Gasteiger partial charge in [-0.05, 0) is 25.8 Å². The largest absolute Gasteiger partial charge is 0.375 e. The number of hydrogen-bond acceptors (Lipinski definition) is 4. The van der Waals surface area contributed by atoms with E-state index in [1.54, 1.807) is 6.20 Å². The third-order valence-corrected chi connectivity index (χ3v) is 2.88. The maximum absolute atomic E-state index is 12.0. The SMILES string of the molecule is CCCNC(CCOCC(F)F)c1cnnn1CCC. The van der Waals surface area contributed by atoms with E-state index in [0.717, 1.165) is 31.6 Å². The maximum atomic E-state index is 12.0. The van der Waals surface area contributed by atoms with Crippen molar-refractivity contribution < 1.29 is 13.5 Å². The Morgan fingerprint density at radius 3 is 2.80 bits per heavy atom. The lowest BCUT2D eigenvalue weighted by molar-refractivity contribution is 0.0141. The molecule has 0 aromatic carbocycles. The molecular weight excluding hydrogens is 266 g/mol. The first-order chi connectivity index (χ1) is 9.69. The molecule has 1 unspecified atom stereocenters. The number of nitrogens with one attached hydrogen (secondary N) is 1. The number of ether oxygens (including phenoxy) is 1. The highest BCUT2D eigenvalue weighted by Gasteiger charge is 2.16. The van der Waals surface area contributed by atoms with Crippen molar-refractivity contribution in [3.8, 4) is 0 Å². The smallest absolute Gasteiger partial charge is 0.261 e. The summed E-state index contributed by atoms with van der Waals surface area (Å²) >= 11 is 0. The third kappa shape index (κ3) is 5.92. The minimum Gasteiger partial charge on any atom is -0.375 e. The van der Waals surface area contributed by atoms with Crippen molar-refractivity contribution in [2.24, 2.45) is 0 Å². The Bertz CT molecular complexity index is 360. The zero-order chi connectivity index (χ0) is 14.8. The van der Waals surface area contributed by atoms with E-state index in [9.17, 15) is 8.78 Å². The standard InChI is InChI=1S/C13H24F2N4O/c1-3-6-16-11(5-8-20-10-13(14)15)12-9-17-18-19(12)7-4-2/h9,11,13,16H,3-8,10H2,1-2H3. The molecular formula is C13H24F2N4O. The van der Waals surface area contributed by atoms with Gasteiger partial charge < -0.3 is 10.1 Å². The van der Waals surface area contributed by atoms with E-state index in [-0.39, 0.29) is 6.04 Å². The summed E-state index contributed by atoms with van der Waals surface area (Å²) in [7, 11) is 0. The molecule has 1 N–H and O–H groups in total. The van der Waals surface area contributed by atoms with E-state index >= 15 is 0 Å². The molecule has 0 aliphatic heterocycles. The van der Waals surface area contributed by atoms with Gasteiger partial charge in [0.2, 0.25) is 0 Å². The van der Waals surface area contributed by atoms with Gasteiger partial charge in [-0.1, -0.05) is 19.1 Å². The van der Waals surface area contributed by atoms with Crippen LogP contribution in [-0.2, 0) is 11.3 Å². The Balaban J connectivity index is 2.55. The van der Waals surface area contributed by atoms with Crippen molar-refractivity contribution in [1.82, 2.24) is 20.3 Å². The molecule has 1 atom stereocenters. The van der Waals surface area contributed by atoms with Crippen LogP contribution in [0.3, 0.4) is 0 Å². The van der Waals surface area contributed by atoms with Crippen molar-refractivity contribution in [3.63, 3.8) is 0 Å². The second-order valence-electron chi connectivity index (χ2n) is 4.64. The van der Waals surface area contributed by atoms with Crippen molar-refractivity contribution in [2.45, 2.75) is 52.1 Å². The van der Waals surface area contributed by atoms with Gasteiger partial charge in [0.15, 0.2) is 0 Å². The first-order valence-corrected chi connectivity index (χ1v) is 7.16. The molecule has 0 fully saturated rings. The molecule has 0 amide bonds. The van der Waals surface area contributed by atoms with Gasteiger partial charge in [0.25, 0.3) is 6.43 Å². The average Bonchev–Trinajstić information content (AvgIpc) is 2.86. The Kier molecular flexibility index (Phi) is 8.29. The van der Waals surface area contributed by atoms with E-state index in [0.29, 0.717) is 13.0 Å².